The summed E-state index contributed by atoms with van der Waals surface area (Å²) < 4.78 is 0. The van der Waals surface area contributed by atoms with E-state index in [0.717, 1.165) is 22.6 Å². The van der Waals surface area contributed by atoms with Gasteiger partial charge in [0.25, 0.3) is 0 Å². The van der Waals surface area contributed by atoms with Crippen molar-refractivity contribution in [1.82, 2.24) is 9.97 Å². The first-order valence-corrected chi connectivity index (χ1v) is 6.36. The summed E-state index contributed by atoms with van der Waals surface area (Å²) in [6, 6.07) is 8.37. The van der Waals surface area contributed by atoms with Crippen LogP contribution in [0.4, 0.5) is 5.82 Å². The van der Waals surface area contributed by atoms with Gasteiger partial charge in [0.2, 0.25) is 0 Å². The molecule has 1 heterocycles. The second-order valence-corrected chi connectivity index (χ2v) is 5.08. The Labute approximate surface area is 107 Å². The average Bonchev–Trinajstić information content (AvgIpc) is 3.16. The van der Waals surface area contributed by atoms with Crippen LogP contribution in [0.3, 0.4) is 0 Å². The molecule has 0 bridgehead atoms. The van der Waals surface area contributed by atoms with Crippen LogP contribution in [0.25, 0.3) is 11.3 Å². The minimum atomic E-state index is 0.524. The van der Waals surface area contributed by atoms with Gasteiger partial charge in [-0.05, 0) is 32.8 Å². The zero-order chi connectivity index (χ0) is 12.7. The number of nitrogen functional groups attached to an aromatic ring is 1. The Morgan fingerprint density at radius 2 is 1.94 bits per heavy atom. The minimum Gasteiger partial charge on any atom is -0.383 e. The summed E-state index contributed by atoms with van der Waals surface area (Å²) in [7, 11) is 0. The summed E-state index contributed by atoms with van der Waals surface area (Å²) in [6.07, 6.45) is 2.38. The second kappa shape index (κ2) is 4.09. The van der Waals surface area contributed by atoms with Crippen molar-refractivity contribution in [3.05, 3.63) is 41.2 Å². The van der Waals surface area contributed by atoms with Crippen molar-refractivity contribution in [2.24, 2.45) is 0 Å². The SMILES string of the molecule is Cc1cccc(-c2nc(C3CC3)nc(N)c2C)c1. The fraction of sp³-hybridized carbons (Fsp3) is 0.333. The molecule has 2 N–H and O–H groups in total. The predicted molar refractivity (Wildman–Crippen MR) is 73.3 cm³/mol. The van der Waals surface area contributed by atoms with Gasteiger partial charge >= 0.3 is 0 Å². The Kier molecular flexibility index (Phi) is 2.54. The normalized spacial score (nSPS) is 14.8. The quantitative estimate of drug-likeness (QED) is 0.875. The van der Waals surface area contributed by atoms with Crippen LogP contribution in [0.2, 0.25) is 0 Å². The summed E-state index contributed by atoms with van der Waals surface area (Å²) in [5, 5.41) is 0. The van der Waals surface area contributed by atoms with E-state index in [4.69, 9.17) is 10.7 Å². The highest BCUT2D eigenvalue weighted by Crippen LogP contribution is 2.39. The van der Waals surface area contributed by atoms with Crippen LogP contribution in [0.5, 0.6) is 0 Å². The molecule has 1 aromatic heterocycles. The van der Waals surface area contributed by atoms with Gasteiger partial charge in [0, 0.05) is 17.0 Å². The molecular weight excluding hydrogens is 222 g/mol. The number of hydrogen-bond donors (Lipinski definition) is 1. The molecule has 0 aliphatic heterocycles. The molecule has 0 unspecified atom stereocenters. The monoisotopic (exact) mass is 239 g/mol. The molecule has 92 valence electrons. The summed E-state index contributed by atoms with van der Waals surface area (Å²) in [5.74, 6) is 2.05. The van der Waals surface area contributed by atoms with Crippen LogP contribution in [-0.4, -0.2) is 9.97 Å². The van der Waals surface area contributed by atoms with E-state index >= 15 is 0 Å². The summed E-state index contributed by atoms with van der Waals surface area (Å²) in [4.78, 5) is 9.13. The van der Waals surface area contributed by atoms with Crippen LogP contribution < -0.4 is 5.73 Å². The van der Waals surface area contributed by atoms with Crippen LogP contribution in [0.15, 0.2) is 24.3 Å². The molecule has 0 atom stereocenters. The number of hydrogen-bond acceptors (Lipinski definition) is 3. The molecule has 0 spiro atoms. The first kappa shape index (κ1) is 11.2. The van der Waals surface area contributed by atoms with E-state index in [-0.39, 0.29) is 0 Å². The molecule has 1 fully saturated rings. The van der Waals surface area contributed by atoms with Gasteiger partial charge in [-0.1, -0.05) is 23.8 Å². The van der Waals surface area contributed by atoms with Crippen LogP contribution in [0.1, 0.15) is 35.7 Å². The van der Waals surface area contributed by atoms with Gasteiger partial charge < -0.3 is 5.73 Å². The molecule has 1 saturated carbocycles. The molecule has 2 aromatic rings. The van der Waals surface area contributed by atoms with Gasteiger partial charge in [-0.15, -0.1) is 0 Å². The largest absolute Gasteiger partial charge is 0.383 e. The number of benzene rings is 1. The van der Waals surface area contributed by atoms with E-state index < -0.39 is 0 Å². The highest BCUT2D eigenvalue weighted by atomic mass is 15.0. The summed E-state index contributed by atoms with van der Waals surface area (Å²) in [6.45, 7) is 4.08. The fourth-order valence-electron chi connectivity index (χ4n) is 2.15. The molecule has 3 rings (SSSR count). The lowest BCUT2D eigenvalue weighted by molar-refractivity contribution is 0.928. The number of anilines is 1. The van der Waals surface area contributed by atoms with Crippen molar-refractivity contribution in [2.75, 3.05) is 5.73 Å². The first-order chi connectivity index (χ1) is 8.65. The van der Waals surface area contributed by atoms with Crippen molar-refractivity contribution in [3.8, 4) is 11.3 Å². The lowest BCUT2D eigenvalue weighted by Crippen LogP contribution is -2.04. The Morgan fingerprint density at radius 1 is 1.17 bits per heavy atom. The molecule has 18 heavy (non-hydrogen) atoms. The maximum Gasteiger partial charge on any atom is 0.134 e. The molecule has 0 amide bonds. The predicted octanol–water partition coefficient (Wildman–Crippen LogP) is 3.22. The maximum atomic E-state index is 6.01. The molecule has 3 nitrogen and oxygen atoms in total. The van der Waals surface area contributed by atoms with E-state index in [0.29, 0.717) is 11.7 Å². The molecule has 3 heteroatoms. The molecule has 0 saturated heterocycles. The van der Waals surface area contributed by atoms with Gasteiger partial charge in [-0.3, -0.25) is 0 Å². The zero-order valence-electron chi connectivity index (χ0n) is 10.8. The third-order valence-corrected chi connectivity index (χ3v) is 3.43. The number of rotatable bonds is 2. The average molecular weight is 239 g/mol. The fourth-order valence-corrected chi connectivity index (χ4v) is 2.15. The number of nitrogens with two attached hydrogens (primary N) is 1. The van der Waals surface area contributed by atoms with Crippen LogP contribution in [-0.2, 0) is 0 Å². The molecule has 1 aliphatic rings. The van der Waals surface area contributed by atoms with E-state index in [1.165, 1.54) is 18.4 Å². The van der Waals surface area contributed by atoms with Crippen molar-refractivity contribution in [1.29, 1.82) is 0 Å². The molecule has 1 aromatic carbocycles. The number of aromatic nitrogens is 2. The van der Waals surface area contributed by atoms with Crippen molar-refractivity contribution in [3.63, 3.8) is 0 Å². The third-order valence-electron chi connectivity index (χ3n) is 3.43. The van der Waals surface area contributed by atoms with E-state index in [1.807, 2.05) is 6.92 Å². The van der Waals surface area contributed by atoms with Crippen LogP contribution in [0, 0.1) is 13.8 Å². The van der Waals surface area contributed by atoms with Crippen molar-refractivity contribution >= 4 is 5.82 Å². The molecule has 0 radical (unpaired) electrons. The van der Waals surface area contributed by atoms with Gasteiger partial charge in [0.05, 0.1) is 5.69 Å². The van der Waals surface area contributed by atoms with Gasteiger partial charge in [-0.25, -0.2) is 9.97 Å². The highest BCUT2D eigenvalue weighted by molar-refractivity contribution is 5.67. The lowest BCUT2D eigenvalue weighted by Gasteiger charge is -2.10. The van der Waals surface area contributed by atoms with Crippen molar-refractivity contribution in [2.45, 2.75) is 32.6 Å². The topological polar surface area (TPSA) is 51.8 Å². The van der Waals surface area contributed by atoms with Gasteiger partial charge in [0.15, 0.2) is 0 Å². The van der Waals surface area contributed by atoms with Gasteiger partial charge in [0.1, 0.15) is 11.6 Å². The summed E-state index contributed by atoms with van der Waals surface area (Å²) in [5.41, 5.74) is 10.3. The Hall–Kier alpha value is -1.90. The van der Waals surface area contributed by atoms with E-state index in [1.54, 1.807) is 0 Å². The van der Waals surface area contributed by atoms with E-state index in [2.05, 4.69) is 36.2 Å². The van der Waals surface area contributed by atoms with E-state index in [9.17, 15) is 0 Å². The first-order valence-electron chi connectivity index (χ1n) is 6.36. The standard InChI is InChI=1S/C15H17N3/c1-9-4-3-5-12(8-9)13-10(2)14(16)18-15(17-13)11-6-7-11/h3-5,8,11H,6-7H2,1-2H3,(H2,16,17,18). The maximum absolute atomic E-state index is 6.01. The third kappa shape index (κ3) is 1.96. The Bertz CT molecular complexity index is 601. The lowest BCUT2D eigenvalue weighted by atomic mass is 10.0. The van der Waals surface area contributed by atoms with Crippen molar-refractivity contribution < 1.29 is 0 Å². The van der Waals surface area contributed by atoms with Gasteiger partial charge in [-0.2, -0.15) is 0 Å². The Morgan fingerprint density at radius 3 is 2.61 bits per heavy atom. The zero-order valence-corrected chi connectivity index (χ0v) is 10.8. The molecular formula is C15H17N3. The minimum absolute atomic E-state index is 0.524. The molecule has 1 aliphatic carbocycles. The Balaban J connectivity index is 2.15. The highest BCUT2D eigenvalue weighted by Gasteiger charge is 2.28. The smallest absolute Gasteiger partial charge is 0.134 e. The second-order valence-electron chi connectivity index (χ2n) is 5.08. The number of aryl methyl sites for hydroxylation is 1. The summed E-state index contributed by atoms with van der Waals surface area (Å²) >= 11 is 0. The van der Waals surface area contributed by atoms with Crippen LogP contribution >= 0.6 is 0 Å². The number of nitrogens with zero attached hydrogens (tertiary/aromatic N) is 2.